The number of amides is 2. The standard InChI is InChI=1S/C22H28N2O4/c1-15-7-6-8-19(16(15)2)23-21(25)14-24(3)22(26)12-9-17-13-18(27-4)10-11-20(17)28-5/h6-8,10-11,13H,9,12,14H2,1-5H3,(H,23,25). The van der Waals surface area contributed by atoms with Crippen molar-refractivity contribution in [2.75, 3.05) is 33.1 Å². The van der Waals surface area contributed by atoms with E-state index in [2.05, 4.69) is 5.32 Å². The molecular formula is C22H28N2O4. The van der Waals surface area contributed by atoms with E-state index in [1.54, 1.807) is 21.3 Å². The first-order chi connectivity index (χ1) is 13.3. The molecule has 0 saturated heterocycles. The zero-order chi connectivity index (χ0) is 20.7. The fourth-order valence-electron chi connectivity index (χ4n) is 2.89. The van der Waals surface area contributed by atoms with Gasteiger partial charge >= 0.3 is 0 Å². The number of anilines is 1. The Hall–Kier alpha value is -3.02. The lowest BCUT2D eigenvalue weighted by atomic mass is 10.1. The normalized spacial score (nSPS) is 10.3. The molecule has 0 aliphatic rings. The van der Waals surface area contributed by atoms with E-state index in [1.165, 1.54) is 4.90 Å². The summed E-state index contributed by atoms with van der Waals surface area (Å²) in [6, 6.07) is 11.2. The van der Waals surface area contributed by atoms with Gasteiger partial charge < -0.3 is 19.7 Å². The summed E-state index contributed by atoms with van der Waals surface area (Å²) < 4.78 is 10.6. The molecule has 0 aliphatic carbocycles. The summed E-state index contributed by atoms with van der Waals surface area (Å²) in [5.41, 5.74) is 3.79. The van der Waals surface area contributed by atoms with E-state index in [9.17, 15) is 9.59 Å². The van der Waals surface area contributed by atoms with Crippen molar-refractivity contribution in [3.63, 3.8) is 0 Å². The molecule has 0 atom stereocenters. The fraction of sp³-hybridized carbons (Fsp3) is 0.364. The Balaban J connectivity index is 1.92. The lowest BCUT2D eigenvalue weighted by Gasteiger charge is -2.18. The zero-order valence-corrected chi connectivity index (χ0v) is 17.2. The van der Waals surface area contributed by atoms with Gasteiger partial charge in [0.05, 0.1) is 20.8 Å². The molecule has 0 spiro atoms. The average molecular weight is 384 g/mol. The van der Waals surface area contributed by atoms with Crippen LogP contribution in [0.2, 0.25) is 0 Å². The molecule has 2 aromatic rings. The van der Waals surface area contributed by atoms with Crippen molar-refractivity contribution in [2.24, 2.45) is 0 Å². The molecule has 6 heteroatoms. The first-order valence-electron chi connectivity index (χ1n) is 9.16. The van der Waals surface area contributed by atoms with Gasteiger partial charge in [0.25, 0.3) is 0 Å². The largest absolute Gasteiger partial charge is 0.497 e. The molecule has 0 aromatic heterocycles. The maximum absolute atomic E-state index is 12.5. The molecule has 0 bridgehead atoms. The Morgan fingerprint density at radius 1 is 1.07 bits per heavy atom. The Morgan fingerprint density at radius 2 is 1.82 bits per heavy atom. The number of nitrogens with one attached hydrogen (secondary N) is 1. The molecule has 150 valence electrons. The first-order valence-corrected chi connectivity index (χ1v) is 9.16. The SMILES string of the molecule is COc1ccc(OC)c(CCC(=O)N(C)CC(=O)Nc2cccc(C)c2C)c1. The van der Waals surface area contributed by atoms with E-state index < -0.39 is 0 Å². The minimum absolute atomic E-state index is 0.00145. The number of carbonyl (C=O) groups is 2. The highest BCUT2D eigenvalue weighted by Gasteiger charge is 2.15. The van der Waals surface area contributed by atoms with Gasteiger partial charge in [-0.25, -0.2) is 0 Å². The van der Waals surface area contributed by atoms with Crippen LogP contribution in [0.5, 0.6) is 11.5 Å². The van der Waals surface area contributed by atoms with E-state index in [-0.39, 0.29) is 24.8 Å². The highest BCUT2D eigenvalue weighted by Crippen LogP contribution is 2.25. The molecular weight excluding hydrogens is 356 g/mol. The molecule has 2 rings (SSSR count). The predicted molar refractivity (Wildman–Crippen MR) is 110 cm³/mol. The number of likely N-dealkylation sites (N-methyl/N-ethyl adjacent to an activating group) is 1. The van der Waals surface area contributed by atoms with Gasteiger partial charge in [0.2, 0.25) is 11.8 Å². The smallest absolute Gasteiger partial charge is 0.243 e. The molecule has 1 N–H and O–H groups in total. The number of hydrogen-bond acceptors (Lipinski definition) is 4. The van der Waals surface area contributed by atoms with Crippen LogP contribution in [0, 0.1) is 13.8 Å². The van der Waals surface area contributed by atoms with Crippen molar-refractivity contribution in [1.29, 1.82) is 0 Å². The quantitative estimate of drug-likeness (QED) is 0.758. The van der Waals surface area contributed by atoms with E-state index >= 15 is 0 Å². The number of benzene rings is 2. The van der Waals surface area contributed by atoms with Crippen LogP contribution in [0.15, 0.2) is 36.4 Å². The number of rotatable bonds is 8. The number of ether oxygens (including phenoxy) is 2. The van der Waals surface area contributed by atoms with Gasteiger partial charge in [-0.3, -0.25) is 9.59 Å². The maximum atomic E-state index is 12.5. The minimum atomic E-state index is -0.219. The minimum Gasteiger partial charge on any atom is -0.497 e. The number of hydrogen-bond donors (Lipinski definition) is 1. The fourth-order valence-corrected chi connectivity index (χ4v) is 2.89. The van der Waals surface area contributed by atoms with Crippen LogP contribution in [0.1, 0.15) is 23.1 Å². The zero-order valence-electron chi connectivity index (χ0n) is 17.2. The number of carbonyl (C=O) groups excluding carboxylic acids is 2. The highest BCUT2D eigenvalue weighted by atomic mass is 16.5. The Bertz CT molecular complexity index is 848. The van der Waals surface area contributed by atoms with E-state index in [0.29, 0.717) is 17.9 Å². The molecule has 6 nitrogen and oxygen atoms in total. The summed E-state index contributed by atoms with van der Waals surface area (Å²) in [5, 5.41) is 2.87. The number of aryl methyl sites for hydroxylation is 2. The van der Waals surface area contributed by atoms with Crippen molar-refractivity contribution in [3.05, 3.63) is 53.1 Å². The van der Waals surface area contributed by atoms with Crippen LogP contribution < -0.4 is 14.8 Å². The third kappa shape index (κ3) is 5.49. The van der Waals surface area contributed by atoms with Crippen LogP contribution in [-0.2, 0) is 16.0 Å². The third-order valence-electron chi connectivity index (χ3n) is 4.78. The highest BCUT2D eigenvalue weighted by molar-refractivity contribution is 5.95. The van der Waals surface area contributed by atoms with E-state index in [1.807, 2.05) is 50.2 Å². The van der Waals surface area contributed by atoms with Gasteiger partial charge in [0, 0.05) is 19.2 Å². The van der Waals surface area contributed by atoms with Crippen molar-refractivity contribution < 1.29 is 19.1 Å². The van der Waals surface area contributed by atoms with Crippen molar-refractivity contribution >= 4 is 17.5 Å². The summed E-state index contributed by atoms with van der Waals surface area (Å²) in [6.07, 6.45) is 0.777. The summed E-state index contributed by atoms with van der Waals surface area (Å²) >= 11 is 0. The van der Waals surface area contributed by atoms with Gasteiger partial charge in [-0.05, 0) is 61.2 Å². The lowest BCUT2D eigenvalue weighted by Crippen LogP contribution is -2.35. The van der Waals surface area contributed by atoms with Gasteiger partial charge in [0.1, 0.15) is 11.5 Å². The second kappa shape index (κ2) is 9.78. The maximum Gasteiger partial charge on any atom is 0.243 e. The molecule has 0 saturated carbocycles. The Kier molecular flexibility index (Phi) is 7.44. The van der Waals surface area contributed by atoms with Gasteiger partial charge in [0.15, 0.2) is 0 Å². The molecule has 0 radical (unpaired) electrons. The van der Waals surface area contributed by atoms with E-state index in [4.69, 9.17) is 9.47 Å². The Labute approximate surface area is 166 Å². The molecule has 0 unspecified atom stereocenters. The molecule has 0 aliphatic heterocycles. The van der Waals surface area contributed by atoms with Crippen LogP contribution in [-0.4, -0.2) is 44.5 Å². The van der Waals surface area contributed by atoms with Gasteiger partial charge in [-0.15, -0.1) is 0 Å². The van der Waals surface area contributed by atoms with Gasteiger partial charge in [-0.2, -0.15) is 0 Å². The predicted octanol–water partition coefficient (Wildman–Crippen LogP) is 3.35. The van der Waals surface area contributed by atoms with Crippen molar-refractivity contribution in [2.45, 2.75) is 26.7 Å². The lowest BCUT2D eigenvalue weighted by molar-refractivity contribution is -0.133. The number of nitrogens with zero attached hydrogens (tertiary/aromatic N) is 1. The molecule has 0 fully saturated rings. The molecule has 2 aromatic carbocycles. The van der Waals surface area contributed by atoms with Crippen molar-refractivity contribution in [1.82, 2.24) is 4.90 Å². The molecule has 28 heavy (non-hydrogen) atoms. The molecule has 2 amide bonds. The topological polar surface area (TPSA) is 67.9 Å². The van der Waals surface area contributed by atoms with Crippen LogP contribution in [0.4, 0.5) is 5.69 Å². The second-order valence-electron chi connectivity index (χ2n) is 6.72. The summed E-state index contributed by atoms with van der Waals surface area (Å²) in [7, 11) is 4.82. The van der Waals surface area contributed by atoms with Gasteiger partial charge in [-0.1, -0.05) is 12.1 Å². The Morgan fingerprint density at radius 3 is 2.50 bits per heavy atom. The first kappa shape index (κ1) is 21.3. The second-order valence-corrected chi connectivity index (χ2v) is 6.72. The molecule has 0 heterocycles. The van der Waals surface area contributed by atoms with Crippen LogP contribution in [0.25, 0.3) is 0 Å². The number of methoxy groups -OCH3 is 2. The monoisotopic (exact) mass is 384 g/mol. The van der Waals surface area contributed by atoms with Crippen molar-refractivity contribution in [3.8, 4) is 11.5 Å². The average Bonchev–Trinajstić information content (AvgIpc) is 2.69. The summed E-state index contributed by atoms with van der Waals surface area (Å²) in [4.78, 5) is 26.2. The summed E-state index contributed by atoms with van der Waals surface area (Å²) in [5.74, 6) is 1.10. The van der Waals surface area contributed by atoms with E-state index in [0.717, 1.165) is 22.4 Å². The van der Waals surface area contributed by atoms with Crippen LogP contribution >= 0.6 is 0 Å². The van der Waals surface area contributed by atoms with Crippen LogP contribution in [0.3, 0.4) is 0 Å². The third-order valence-corrected chi connectivity index (χ3v) is 4.78. The summed E-state index contributed by atoms with van der Waals surface area (Å²) in [6.45, 7) is 3.95.